The van der Waals surface area contributed by atoms with E-state index in [1.165, 1.54) is 35.6 Å². The summed E-state index contributed by atoms with van der Waals surface area (Å²) in [5.74, 6) is 0. The third-order valence-electron chi connectivity index (χ3n) is 4.73. The quantitative estimate of drug-likeness (QED) is 0.789. The molecule has 3 rings (SSSR count). The van der Waals surface area contributed by atoms with Crippen molar-refractivity contribution in [2.45, 2.75) is 51.0 Å². The van der Waals surface area contributed by atoms with Crippen molar-refractivity contribution in [3.63, 3.8) is 0 Å². The molecule has 0 atom stereocenters. The Hall–Kier alpha value is -2.03. The van der Waals surface area contributed by atoms with Gasteiger partial charge in [-0.1, -0.05) is 61.7 Å². The van der Waals surface area contributed by atoms with Gasteiger partial charge in [-0.2, -0.15) is 0 Å². The molecule has 122 valence electrons. The Kier molecular flexibility index (Phi) is 5.51. The minimum Gasteiger partial charge on any atom is -0.338 e. The maximum Gasteiger partial charge on any atom is 0.315 e. The van der Waals surface area contributed by atoms with E-state index in [4.69, 9.17) is 0 Å². The topological polar surface area (TPSA) is 41.1 Å². The summed E-state index contributed by atoms with van der Waals surface area (Å²) in [4.78, 5) is 11.9. The normalized spacial score (nSPS) is 15.5. The van der Waals surface area contributed by atoms with E-state index >= 15 is 0 Å². The van der Waals surface area contributed by atoms with Crippen molar-refractivity contribution in [3.8, 4) is 0 Å². The molecule has 3 heteroatoms. The Morgan fingerprint density at radius 3 is 2.65 bits per heavy atom. The number of fused-ring (bicyclic) bond motifs is 1. The molecule has 0 aromatic heterocycles. The van der Waals surface area contributed by atoms with Crippen molar-refractivity contribution in [1.82, 2.24) is 10.6 Å². The van der Waals surface area contributed by atoms with Gasteiger partial charge < -0.3 is 10.6 Å². The molecule has 2 N–H and O–H groups in total. The van der Waals surface area contributed by atoms with Gasteiger partial charge in [0.05, 0.1) is 0 Å². The molecule has 1 fully saturated rings. The Morgan fingerprint density at radius 2 is 1.78 bits per heavy atom. The fraction of sp³-hybridized carbons (Fsp3) is 0.450. The first-order chi connectivity index (χ1) is 11.3. The molecule has 0 bridgehead atoms. The summed E-state index contributed by atoms with van der Waals surface area (Å²) in [5.41, 5.74) is 1.36. The highest BCUT2D eigenvalue weighted by Gasteiger charge is 2.15. The summed E-state index contributed by atoms with van der Waals surface area (Å²) in [6, 6.07) is 15.3. The molecule has 0 saturated heterocycles. The monoisotopic (exact) mass is 310 g/mol. The number of hydrogen-bond donors (Lipinski definition) is 2. The molecule has 1 saturated carbocycles. The standard InChI is InChI=1S/C20H26N2O/c23-20(22-18-12-2-1-3-13-18)21-15-7-11-17-10-6-9-16-8-4-5-14-19(16)17/h4-6,8-10,14,18H,1-3,7,11-13,15H2,(H2,21,22,23). The lowest BCUT2D eigenvalue weighted by Crippen LogP contribution is -2.43. The second-order valence-electron chi connectivity index (χ2n) is 6.48. The average molecular weight is 310 g/mol. The predicted molar refractivity (Wildman–Crippen MR) is 95.7 cm³/mol. The summed E-state index contributed by atoms with van der Waals surface area (Å²) in [6.45, 7) is 0.724. The van der Waals surface area contributed by atoms with Gasteiger partial charge in [0.1, 0.15) is 0 Å². The fourth-order valence-electron chi connectivity index (χ4n) is 3.47. The highest BCUT2D eigenvalue weighted by molar-refractivity contribution is 5.85. The van der Waals surface area contributed by atoms with Gasteiger partial charge in [0.2, 0.25) is 0 Å². The molecule has 0 aliphatic heterocycles. The van der Waals surface area contributed by atoms with Crippen molar-refractivity contribution in [3.05, 3.63) is 48.0 Å². The van der Waals surface area contributed by atoms with E-state index < -0.39 is 0 Å². The smallest absolute Gasteiger partial charge is 0.315 e. The SMILES string of the molecule is O=C(NCCCc1cccc2ccccc12)NC1CCCCC1. The lowest BCUT2D eigenvalue weighted by Gasteiger charge is -2.22. The molecular weight excluding hydrogens is 284 g/mol. The van der Waals surface area contributed by atoms with Crippen LogP contribution in [0.4, 0.5) is 4.79 Å². The van der Waals surface area contributed by atoms with E-state index in [1.54, 1.807) is 0 Å². The number of benzene rings is 2. The largest absolute Gasteiger partial charge is 0.338 e. The summed E-state index contributed by atoms with van der Waals surface area (Å²) < 4.78 is 0. The highest BCUT2D eigenvalue weighted by Crippen LogP contribution is 2.19. The van der Waals surface area contributed by atoms with Gasteiger partial charge in [0.25, 0.3) is 0 Å². The van der Waals surface area contributed by atoms with Crippen LogP contribution in [-0.2, 0) is 6.42 Å². The number of nitrogens with one attached hydrogen (secondary N) is 2. The summed E-state index contributed by atoms with van der Waals surface area (Å²) in [7, 11) is 0. The van der Waals surface area contributed by atoms with Crippen LogP contribution in [0.25, 0.3) is 10.8 Å². The number of rotatable bonds is 5. The lowest BCUT2D eigenvalue weighted by molar-refractivity contribution is 0.232. The summed E-state index contributed by atoms with van der Waals surface area (Å²) in [6.07, 6.45) is 8.01. The zero-order chi connectivity index (χ0) is 15.9. The first-order valence-electron chi connectivity index (χ1n) is 8.84. The molecule has 0 heterocycles. The van der Waals surface area contributed by atoms with E-state index in [2.05, 4.69) is 53.1 Å². The first-order valence-corrected chi connectivity index (χ1v) is 8.84. The molecule has 23 heavy (non-hydrogen) atoms. The predicted octanol–water partition coefficient (Wildman–Crippen LogP) is 4.40. The van der Waals surface area contributed by atoms with E-state index in [0.717, 1.165) is 32.2 Å². The molecule has 2 aromatic carbocycles. The zero-order valence-electron chi connectivity index (χ0n) is 13.7. The van der Waals surface area contributed by atoms with Gasteiger partial charge in [-0.15, -0.1) is 0 Å². The molecule has 1 aliphatic carbocycles. The van der Waals surface area contributed by atoms with Crippen LogP contribution in [0, 0.1) is 0 Å². The molecule has 0 spiro atoms. The molecule has 1 aliphatic rings. The van der Waals surface area contributed by atoms with Crippen LogP contribution in [0.1, 0.15) is 44.1 Å². The second-order valence-corrected chi connectivity index (χ2v) is 6.48. The minimum absolute atomic E-state index is 0.00480. The van der Waals surface area contributed by atoms with Gasteiger partial charge in [0, 0.05) is 12.6 Å². The lowest BCUT2D eigenvalue weighted by atomic mass is 9.96. The Bertz CT molecular complexity index is 642. The van der Waals surface area contributed by atoms with Crippen LogP contribution in [0.15, 0.2) is 42.5 Å². The van der Waals surface area contributed by atoms with Gasteiger partial charge in [-0.25, -0.2) is 4.79 Å². The van der Waals surface area contributed by atoms with Crippen molar-refractivity contribution in [2.75, 3.05) is 6.54 Å². The van der Waals surface area contributed by atoms with Gasteiger partial charge >= 0.3 is 6.03 Å². The Balaban J connectivity index is 1.43. The van der Waals surface area contributed by atoms with Crippen LogP contribution in [0.3, 0.4) is 0 Å². The van der Waals surface area contributed by atoms with Crippen LogP contribution in [0.2, 0.25) is 0 Å². The van der Waals surface area contributed by atoms with Crippen molar-refractivity contribution in [1.29, 1.82) is 0 Å². The van der Waals surface area contributed by atoms with E-state index in [0.29, 0.717) is 6.04 Å². The maximum atomic E-state index is 11.9. The number of amides is 2. The van der Waals surface area contributed by atoms with Gasteiger partial charge in [0.15, 0.2) is 0 Å². The van der Waals surface area contributed by atoms with Crippen LogP contribution < -0.4 is 10.6 Å². The second kappa shape index (κ2) is 8.00. The third kappa shape index (κ3) is 4.47. The maximum absolute atomic E-state index is 11.9. The van der Waals surface area contributed by atoms with Crippen LogP contribution in [-0.4, -0.2) is 18.6 Å². The highest BCUT2D eigenvalue weighted by atomic mass is 16.2. The van der Waals surface area contributed by atoms with Crippen molar-refractivity contribution in [2.24, 2.45) is 0 Å². The summed E-state index contributed by atoms with van der Waals surface area (Å²) in [5, 5.41) is 8.70. The molecule has 0 unspecified atom stereocenters. The number of aryl methyl sites for hydroxylation is 1. The zero-order valence-corrected chi connectivity index (χ0v) is 13.7. The van der Waals surface area contributed by atoms with E-state index in [-0.39, 0.29) is 6.03 Å². The number of carbonyl (C=O) groups excluding carboxylic acids is 1. The van der Waals surface area contributed by atoms with E-state index in [1.807, 2.05) is 0 Å². The van der Waals surface area contributed by atoms with Gasteiger partial charge in [-0.05, 0) is 42.0 Å². The number of carbonyl (C=O) groups is 1. The molecule has 2 amide bonds. The summed E-state index contributed by atoms with van der Waals surface area (Å²) >= 11 is 0. The van der Waals surface area contributed by atoms with Crippen LogP contribution >= 0.6 is 0 Å². The first kappa shape index (κ1) is 15.9. The average Bonchev–Trinajstić information content (AvgIpc) is 2.60. The molecule has 0 radical (unpaired) electrons. The third-order valence-corrected chi connectivity index (χ3v) is 4.73. The fourth-order valence-corrected chi connectivity index (χ4v) is 3.47. The molecular formula is C20H26N2O. The Labute approximate surface area is 138 Å². The molecule has 3 nitrogen and oxygen atoms in total. The number of urea groups is 1. The molecule has 2 aromatic rings. The van der Waals surface area contributed by atoms with Crippen molar-refractivity contribution < 1.29 is 4.79 Å². The van der Waals surface area contributed by atoms with E-state index in [9.17, 15) is 4.79 Å². The van der Waals surface area contributed by atoms with Crippen molar-refractivity contribution >= 4 is 16.8 Å². The minimum atomic E-state index is -0.00480. The Morgan fingerprint density at radius 1 is 1.00 bits per heavy atom. The van der Waals surface area contributed by atoms with Gasteiger partial charge in [-0.3, -0.25) is 0 Å². The number of hydrogen-bond acceptors (Lipinski definition) is 1. The van der Waals surface area contributed by atoms with Crippen LogP contribution in [0.5, 0.6) is 0 Å².